The molecule has 0 aliphatic rings. The zero-order chi connectivity index (χ0) is 20.6. The van der Waals surface area contributed by atoms with Crippen LogP contribution in [0.1, 0.15) is 17.2 Å². The summed E-state index contributed by atoms with van der Waals surface area (Å²) in [6.07, 6.45) is 0.498. The predicted octanol–water partition coefficient (Wildman–Crippen LogP) is 3.51. The van der Waals surface area contributed by atoms with Crippen molar-refractivity contribution >= 4 is 32.1 Å². The highest BCUT2D eigenvalue weighted by molar-refractivity contribution is 7.89. The number of hydrogen-bond acceptors (Lipinski definition) is 4. The zero-order valence-electron chi connectivity index (χ0n) is 16.0. The van der Waals surface area contributed by atoms with E-state index in [2.05, 4.69) is 24.7 Å². The van der Waals surface area contributed by atoms with E-state index in [4.69, 9.17) is 0 Å². The van der Waals surface area contributed by atoms with Crippen molar-refractivity contribution in [3.8, 4) is 0 Å². The molecule has 3 N–H and O–H groups in total. The summed E-state index contributed by atoms with van der Waals surface area (Å²) < 4.78 is 28.0. The number of imidazole rings is 2. The van der Waals surface area contributed by atoms with Crippen LogP contribution in [0.2, 0.25) is 0 Å². The van der Waals surface area contributed by atoms with Crippen LogP contribution in [0.5, 0.6) is 0 Å². The highest BCUT2D eigenvalue weighted by atomic mass is 32.2. The molecule has 150 valence electrons. The van der Waals surface area contributed by atoms with Crippen LogP contribution in [0.15, 0.2) is 77.7 Å². The Kier molecular flexibility index (Phi) is 4.57. The van der Waals surface area contributed by atoms with Gasteiger partial charge in [0.2, 0.25) is 10.0 Å². The fraction of sp³-hybridized carbons (Fsp3) is 0.0909. The summed E-state index contributed by atoms with van der Waals surface area (Å²) in [7, 11) is -3.63. The molecule has 0 amide bonds. The molecule has 0 aliphatic carbocycles. The Morgan fingerprint density at radius 3 is 2.20 bits per heavy atom. The van der Waals surface area contributed by atoms with Gasteiger partial charge in [0.1, 0.15) is 11.6 Å². The number of sulfonamides is 1. The van der Waals surface area contributed by atoms with Crippen LogP contribution in [0, 0.1) is 0 Å². The molecule has 0 aliphatic heterocycles. The molecule has 2 heterocycles. The number of benzene rings is 3. The first kappa shape index (κ1) is 18.5. The van der Waals surface area contributed by atoms with Crippen molar-refractivity contribution in [1.29, 1.82) is 0 Å². The third-order valence-electron chi connectivity index (χ3n) is 4.90. The molecule has 2 aromatic heterocycles. The maximum absolute atomic E-state index is 12.7. The average Bonchev–Trinajstić information content (AvgIpc) is 3.35. The molecule has 5 rings (SSSR count). The Labute approximate surface area is 173 Å². The van der Waals surface area contributed by atoms with Gasteiger partial charge in [-0.1, -0.05) is 42.5 Å². The lowest BCUT2D eigenvalue weighted by molar-refractivity contribution is 0.581. The number of aromatic nitrogens is 4. The van der Waals surface area contributed by atoms with Crippen LogP contribution in [-0.2, 0) is 23.0 Å². The lowest BCUT2D eigenvalue weighted by atomic mass is 10.2. The van der Waals surface area contributed by atoms with E-state index < -0.39 is 10.0 Å². The SMILES string of the molecule is O=S(=O)(NCc1ccccc1)c1ccc2nc(Cc3nc4ccccc4[nH]3)[nH]c2c1. The highest BCUT2D eigenvalue weighted by Gasteiger charge is 2.16. The van der Waals surface area contributed by atoms with E-state index in [9.17, 15) is 8.42 Å². The number of H-pyrrole nitrogens is 2. The van der Waals surface area contributed by atoms with Crippen LogP contribution < -0.4 is 4.72 Å². The summed E-state index contributed by atoms with van der Waals surface area (Å²) in [4.78, 5) is 15.8. The van der Waals surface area contributed by atoms with E-state index in [-0.39, 0.29) is 11.4 Å². The van der Waals surface area contributed by atoms with Crippen LogP contribution in [0.4, 0.5) is 0 Å². The molecule has 30 heavy (non-hydrogen) atoms. The minimum absolute atomic E-state index is 0.199. The Morgan fingerprint density at radius 1 is 0.767 bits per heavy atom. The van der Waals surface area contributed by atoms with Gasteiger partial charge in [-0.3, -0.25) is 0 Å². The quantitative estimate of drug-likeness (QED) is 0.393. The molecule has 3 aromatic carbocycles. The second kappa shape index (κ2) is 7.40. The second-order valence-corrected chi connectivity index (χ2v) is 8.82. The van der Waals surface area contributed by atoms with Crippen molar-refractivity contribution in [2.75, 3.05) is 0 Å². The Hall–Kier alpha value is -3.49. The van der Waals surface area contributed by atoms with Crippen LogP contribution in [0.3, 0.4) is 0 Å². The average molecular weight is 417 g/mol. The zero-order valence-corrected chi connectivity index (χ0v) is 16.8. The number of nitrogens with zero attached hydrogens (tertiary/aromatic N) is 2. The third-order valence-corrected chi connectivity index (χ3v) is 6.29. The predicted molar refractivity (Wildman–Crippen MR) is 115 cm³/mol. The van der Waals surface area contributed by atoms with Crippen LogP contribution in [-0.4, -0.2) is 28.4 Å². The molecule has 7 nitrogen and oxygen atoms in total. The molecule has 0 saturated heterocycles. The number of para-hydroxylation sites is 2. The number of hydrogen-bond donors (Lipinski definition) is 3. The summed E-state index contributed by atoms with van der Waals surface area (Å²) in [5.74, 6) is 1.52. The monoisotopic (exact) mass is 417 g/mol. The lowest BCUT2D eigenvalue weighted by Gasteiger charge is -2.06. The minimum atomic E-state index is -3.63. The molecule has 0 unspecified atom stereocenters. The summed E-state index contributed by atoms with van der Waals surface area (Å²) in [6.45, 7) is 0.238. The van der Waals surface area contributed by atoms with Crippen LogP contribution >= 0.6 is 0 Å². The fourth-order valence-corrected chi connectivity index (χ4v) is 4.44. The van der Waals surface area contributed by atoms with E-state index in [0.29, 0.717) is 17.5 Å². The molecule has 8 heteroatoms. The minimum Gasteiger partial charge on any atom is -0.342 e. The van der Waals surface area contributed by atoms with Gasteiger partial charge in [-0.05, 0) is 35.9 Å². The van der Waals surface area contributed by atoms with Gasteiger partial charge in [0.05, 0.1) is 33.4 Å². The Bertz CT molecular complexity index is 1410. The molecule has 0 spiro atoms. The summed E-state index contributed by atoms with van der Waals surface area (Å²) in [6, 6.07) is 22.1. The number of rotatable bonds is 6. The molecule has 5 aromatic rings. The van der Waals surface area contributed by atoms with Crippen molar-refractivity contribution in [3.63, 3.8) is 0 Å². The summed E-state index contributed by atoms with van der Waals surface area (Å²) >= 11 is 0. The molecule has 0 saturated carbocycles. The first-order chi connectivity index (χ1) is 14.6. The molecule has 0 fully saturated rings. The van der Waals surface area contributed by atoms with Gasteiger partial charge in [-0.2, -0.15) is 0 Å². The van der Waals surface area contributed by atoms with Gasteiger partial charge in [0.25, 0.3) is 0 Å². The maximum atomic E-state index is 12.7. The van der Waals surface area contributed by atoms with Crippen molar-refractivity contribution in [3.05, 3.63) is 90.0 Å². The third kappa shape index (κ3) is 3.70. The van der Waals surface area contributed by atoms with Crippen molar-refractivity contribution < 1.29 is 8.42 Å². The van der Waals surface area contributed by atoms with Gasteiger partial charge in [0, 0.05) is 6.54 Å². The molecule has 0 atom stereocenters. The molecular weight excluding hydrogens is 398 g/mol. The normalized spacial score (nSPS) is 12.0. The number of fused-ring (bicyclic) bond motifs is 2. The van der Waals surface area contributed by atoms with E-state index in [1.807, 2.05) is 54.6 Å². The number of nitrogens with one attached hydrogen (secondary N) is 3. The summed E-state index contributed by atoms with van der Waals surface area (Å²) in [5, 5.41) is 0. The van der Waals surface area contributed by atoms with E-state index in [1.54, 1.807) is 18.2 Å². The molecular formula is C22H19N5O2S. The van der Waals surface area contributed by atoms with Gasteiger partial charge >= 0.3 is 0 Å². The van der Waals surface area contributed by atoms with Crippen LogP contribution in [0.25, 0.3) is 22.1 Å². The van der Waals surface area contributed by atoms with E-state index >= 15 is 0 Å². The van der Waals surface area contributed by atoms with Gasteiger partial charge in [-0.15, -0.1) is 0 Å². The largest absolute Gasteiger partial charge is 0.342 e. The van der Waals surface area contributed by atoms with Crippen molar-refractivity contribution in [1.82, 2.24) is 24.7 Å². The first-order valence-corrected chi connectivity index (χ1v) is 11.0. The maximum Gasteiger partial charge on any atom is 0.240 e. The molecule has 0 radical (unpaired) electrons. The Morgan fingerprint density at radius 2 is 1.43 bits per heavy atom. The first-order valence-electron chi connectivity index (χ1n) is 9.53. The number of aromatic amines is 2. The van der Waals surface area contributed by atoms with Crippen molar-refractivity contribution in [2.24, 2.45) is 0 Å². The highest BCUT2D eigenvalue weighted by Crippen LogP contribution is 2.19. The smallest absolute Gasteiger partial charge is 0.240 e. The van der Waals surface area contributed by atoms with Crippen molar-refractivity contribution in [2.45, 2.75) is 17.9 Å². The van der Waals surface area contributed by atoms with E-state index in [1.165, 1.54) is 0 Å². The topological polar surface area (TPSA) is 104 Å². The second-order valence-electron chi connectivity index (χ2n) is 7.05. The van der Waals surface area contributed by atoms with E-state index in [0.717, 1.165) is 28.2 Å². The standard InChI is InChI=1S/C22H19N5O2S/c28-30(29,23-14-15-6-2-1-3-7-15)16-10-11-19-20(12-16)27-22(26-19)13-21-24-17-8-4-5-9-18(17)25-21/h1-12,23H,13-14H2,(H,24,25)(H,26,27). The summed E-state index contributed by atoms with van der Waals surface area (Å²) in [5.41, 5.74) is 4.16. The fourth-order valence-electron chi connectivity index (χ4n) is 3.40. The van der Waals surface area contributed by atoms with Gasteiger partial charge in [-0.25, -0.2) is 23.1 Å². The van der Waals surface area contributed by atoms with Gasteiger partial charge in [0.15, 0.2) is 0 Å². The lowest BCUT2D eigenvalue weighted by Crippen LogP contribution is -2.23. The molecule has 0 bridgehead atoms. The van der Waals surface area contributed by atoms with Gasteiger partial charge < -0.3 is 9.97 Å². The Balaban J connectivity index is 1.37.